The Morgan fingerprint density at radius 3 is 2.64 bits per heavy atom. The van der Waals surface area contributed by atoms with E-state index in [0.29, 0.717) is 30.2 Å². The van der Waals surface area contributed by atoms with Crippen LogP contribution in [0.15, 0.2) is 29.6 Å². The minimum Gasteiger partial charge on any atom is -0.337 e. The van der Waals surface area contributed by atoms with E-state index < -0.39 is 0 Å². The lowest BCUT2D eigenvalue weighted by molar-refractivity contribution is 0.0676. The Bertz CT molecular complexity index is 748. The number of carbonyl (C=O) groups excluding carboxylic acids is 1. The molecular weight excluding hydrogens is 337 g/mol. The molecule has 1 amide bonds. The predicted octanol–water partition coefficient (Wildman–Crippen LogP) is 3.23. The average Bonchev–Trinajstić information content (AvgIpc) is 3.22. The van der Waals surface area contributed by atoms with Crippen molar-refractivity contribution in [2.24, 2.45) is 0 Å². The van der Waals surface area contributed by atoms with Crippen LogP contribution in [0, 0.1) is 5.82 Å². The minimum absolute atomic E-state index is 0.00732. The largest absolute Gasteiger partial charge is 0.337 e. The van der Waals surface area contributed by atoms with E-state index in [2.05, 4.69) is 10.3 Å². The molecule has 4 rings (SSSR count). The molecule has 0 spiro atoms. The first-order valence-electron chi connectivity index (χ1n) is 8.80. The fraction of sp³-hybridized carbons (Fsp3) is 0.474. The highest BCUT2D eigenvalue weighted by Gasteiger charge is 2.36. The standard InChI is InChI=1S/C19H22FN3OS/c1-23(16-9-14-6-7-15(10-16)21-14)19(24)17-11-25-18(22-17)8-12-2-4-13(20)5-3-12/h2-5,11,14-16,21H,6-10H2,1H3. The molecule has 2 bridgehead atoms. The van der Waals surface area contributed by atoms with Crippen molar-refractivity contribution < 1.29 is 9.18 Å². The highest BCUT2D eigenvalue weighted by molar-refractivity contribution is 7.09. The molecule has 2 aliphatic heterocycles. The molecule has 132 valence electrons. The summed E-state index contributed by atoms with van der Waals surface area (Å²) >= 11 is 1.49. The third kappa shape index (κ3) is 3.60. The Labute approximate surface area is 151 Å². The van der Waals surface area contributed by atoms with E-state index in [1.165, 1.54) is 36.3 Å². The Morgan fingerprint density at radius 1 is 1.28 bits per heavy atom. The number of hydrogen-bond donors (Lipinski definition) is 1. The van der Waals surface area contributed by atoms with Gasteiger partial charge in [0.2, 0.25) is 0 Å². The summed E-state index contributed by atoms with van der Waals surface area (Å²) in [7, 11) is 1.90. The highest BCUT2D eigenvalue weighted by Crippen LogP contribution is 2.30. The third-order valence-corrected chi connectivity index (χ3v) is 6.20. The number of carbonyl (C=O) groups is 1. The zero-order valence-electron chi connectivity index (χ0n) is 14.2. The summed E-state index contributed by atoms with van der Waals surface area (Å²) in [6.45, 7) is 0. The number of thiazole rings is 1. The van der Waals surface area contributed by atoms with Crippen LogP contribution in [0.3, 0.4) is 0 Å². The van der Waals surface area contributed by atoms with Crippen molar-refractivity contribution >= 4 is 17.2 Å². The van der Waals surface area contributed by atoms with Crippen LogP contribution in [0.2, 0.25) is 0 Å². The van der Waals surface area contributed by atoms with Gasteiger partial charge in [0.05, 0.1) is 5.01 Å². The molecule has 3 heterocycles. The van der Waals surface area contributed by atoms with Gasteiger partial charge in [0.15, 0.2) is 0 Å². The van der Waals surface area contributed by atoms with Crippen LogP contribution in [0.5, 0.6) is 0 Å². The molecule has 0 saturated carbocycles. The van der Waals surface area contributed by atoms with Gasteiger partial charge in [0.1, 0.15) is 11.5 Å². The van der Waals surface area contributed by atoms with Crippen LogP contribution >= 0.6 is 11.3 Å². The van der Waals surface area contributed by atoms with Crippen molar-refractivity contribution in [3.8, 4) is 0 Å². The molecule has 2 aromatic rings. The first-order chi connectivity index (χ1) is 12.1. The summed E-state index contributed by atoms with van der Waals surface area (Å²) < 4.78 is 13.0. The van der Waals surface area contributed by atoms with Crippen molar-refractivity contribution in [2.45, 2.75) is 50.2 Å². The molecule has 2 atom stereocenters. The van der Waals surface area contributed by atoms with Crippen LogP contribution in [-0.4, -0.2) is 41.0 Å². The van der Waals surface area contributed by atoms with Gasteiger partial charge in [0, 0.05) is 37.0 Å². The van der Waals surface area contributed by atoms with E-state index in [1.807, 2.05) is 17.3 Å². The van der Waals surface area contributed by atoms with Crippen LogP contribution in [0.25, 0.3) is 0 Å². The average molecular weight is 359 g/mol. The van der Waals surface area contributed by atoms with E-state index in [4.69, 9.17) is 0 Å². The van der Waals surface area contributed by atoms with Crippen LogP contribution in [0.4, 0.5) is 4.39 Å². The van der Waals surface area contributed by atoms with E-state index in [9.17, 15) is 9.18 Å². The number of amides is 1. The molecule has 6 heteroatoms. The zero-order chi connectivity index (χ0) is 17.4. The van der Waals surface area contributed by atoms with Gasteiger partial charge in [-0.15, -0.1) is 11.3 Å². The minimum atomic E-state index is -0.240. The molecule has 0 radical (unpaired) electrons. The number of nitrogens with one attached hydrogen (secondary N) is 1. The summed E-state index contributed by atoms with van der Waals surface area (Å²) in [6, 6.07) is 7.84. The van der Waals surface area contributed by atoms with Crippen LogP contribution in [-0.2, 0) is 6.42 Å². The van der Waals surface area contributed by atoms with Gasteiger partial charge >= 0.3 is 0 Å². The molecule has 0 aliphatic carbocycles. The summed E-state index contributed by atoms with van der Waals surface area (Å²) in [5, 5.41) is 6.33. The maximum Gasteiger partial charge on any atom is 0.273 e. The van der Waals surface area contributed by atoms with Crippen molar-refractivity contribution in [3.05, 3.63) is 51.7 Å². The number of aromatic nitrogens is 1. The van der Waals surface area contributed by atoms with Gasteiger partial charge in [-0.05, 0) is 43.4 Å². The second-order valence-corrected chi connectivity index (χ2v) is 8.05. The molecule has 2 saturated heterocycles. The lowest BCUT2D eigenvalue weighted by atomic mass is 9.98. The fourth-order valence-corrected chi connectivity index (χ4v) is 4.76. The smallest absolute Gasteiger partial charge is 0.273 e. The topological polar surface area (TPSA) is 45.2 Å². The van der Waals surface area contributed by atoms with Gasteiger partial charge in [0.25, 0.3) is 5.91 Å². The summed E-state index contributed by atoms with van der Waals surface area (Å²) in [5.74, 6) is -0.232. The highest BCUT2D eigenvalue weighted by atomic mass is 32.1. The maximum atomic E-state index is 13.0. The molecule has 1 N–H and O–H groups in total. The molecule has 2 unspecified atom stereocenters. The Balaban J connectivity index is 1.42. The summed E-state index contributed by atoms with van der Waals surface area (Å²) in [5.41, 5.74) is 1.52. The van der Waals surface area contributed by atoms with E-state index in [0.717, 1.165) is 23.4 Å². The molecule has 1 aromatic heterocycles. The quantitative estimate of drug-likeness (QED) is 0.912. The Hall–Kier alpha value is -1.79. The third-order valence-electron chi connectivity index (χ3n) is 5.36. The normalized spacial score (nSPS) is 25.1. The predicted molar refractivity (Wildman–Crippen MR) is 96.4 cm³/mol. The molecule has 25 heavy (non-hydrogen) atoms. The van der Waals surface area contributed by atoms with Gasteiger partial charge in [-0.1, -0.05) is 12.1 Å². The number of rotatable bonds is 4. The molecule has 2 fully saturated rings. The van der Waals surface area contributed by atoms with Crippen molar-refractivity contribution in [3.63, 3.8) is 0 Å². The monoisotopic (exact) mass is 359 g/mol. The van der Waals surface area contributed by atoms with Crippen molar-refractivity contribution in [1.29, 1.82) is 0 Å². The van der Waals surface area contributed by atoms with Crippen molar-refractivity contribution in [1.82, 2.24) is 15.2 Å². The SMILES string of the molecule is CN(C(=O)c1csc(Cc2ccc(F)cc2)n1)C1CC2CCC(C1)N2. The molecule has 2 aliphatic rings. The lowest BCUT2D eigenvalue weighted by Crippen LogP contribution is -2.48. The maximum absolute atomic E-state index is 13.0. The number of piperidine rings is 1. The Morgan fingerprint density at radius 2 is 1.96 bits per heavy atom. The summed E-state index contributed by atoms with van der Waals surface area (Å²) in [4.78, 5) is 19.2. The Kier molecular flexibility index (Phi) is 4.56. The first kappa shape index (κ1) is 16.7. The second-order valence-electron chi connectivity index (χ2n) is 7.11. The van der Waals surface area contributed by atoms with Crippen molar-refractivity contribution in [2.75, 3.05) is 7.05 Å². The van der Waals surface area contributed by atoms with Gasteiger partial charge < -0.3 is 10.2 Å². The van der Waals surface area contributed by atoms with E-state index >= 15 is 0 Å². The number of halogens is 1. The molecular formula is C19H22FN3OS. The molecule has 4 nitrogen and oxygen atoms in total. The van der Waals surface area contributed by atoms with Gasteiger partial charge in [-0.25, -0.2) is 9.37 Å². The van der Waals surface area contributed by atoms with E-state index in [-0.39, 0.29) is 11.7 Å². The number of fused-ring (bicyclic) bond motifs is 2. The zero-order valence-corrected chi connectivity index (χ0v) is 15.1. The number of benzene rings is 1. The van der Waals surface area contributed by atoms with Crippen LogP contribution < -0.4 is 5.32 Å². The lowest BCUT2D eigenvalue weighted by Gasteiger charge is -2.35. The van der Waals surface area contributed by atoms with Gasteiger partial charge in [-0.2, -0.15) is 0 Å². The van der Waals surface area contributed by atoms with E-state index in [1.54, 1.807) is 12.1 Å². The molecule has 1 aromatic carbocycles. The van der Waals surface area contributed by atoms with Crippen LogP contribution in [0.1, 0.15) is 46.7 Å². The fourth-order valence-electron chi connectivity index (χ4n) is 3.96. The summed E-state index contributed by atoms with van der Waals surface area (Å²) in [6.07, 6.45) is 5.14. The second kappa shape index (κ2) is 6.84. The first-order valence-corrected chi connectivity index (χ1v) is 9.68. The van der Waals surface area contributed by atoms with Gasteiger partial charge in [-0.3, -0.25) is 4.79 Å². The number of hydrogen-bond acceptors (Lipinski definition) is 4. The number of nitrogens with zero attached hydrogens (tertiary/aromatic N) is 2.